The molecule has 0 aliphatic carbocycles. The summed E-state index contributed by atoms with van der Waals surface area (Å²) in [6, 6.07) is 0. The second-order valence-electron chi connectivity index (χ2n) is 5.93. The van der Waals surface area contributed by atoms with Crippen LogP contribution in [0.1, 0.15) is 37.6 Å². The van der Waals surface area contributed by atoms with E-state index in [1.807, 2.05) is 27.0 Å². The third-order valence-corrected chi connectivity index (χ3v) is 4.11. The first-order valence-electron chi connectivity index (χ1n) is 7.53. The average molecular weight is 453 g/mol. The number of aromatic nitrogens is 1. The third-order valence-electron chi connectivity index (χ3n) is 2.96. The number of amides is 1. The smallest absolute Gasteiger partial charge is 0.225 e. The maximum atomic E-state index is 11.7. The lowest BCUT2D eigenvalue weighted by molar-refractivity contribution is -0.128. The highest BCUT2D eigenvalue weighted by molar-refractivity contribution is 14.0. The number of guanidine groups is 1. The standard InChI is InChI=1S/C15H27N5OS.HI/c1-6-11-9-19-12(22-11)10-20-14(16-5)18-8-7-17-13(21)15(2,3)4;/h9H,6-8,10H2,1-5H3,(H,17,21)(H2,16,18,20);1H. The summed E-state index contributed by atoms with van der Waals surface area (Å²) in [6.07, 6.45) is 2.93. The van der Waals surface area contributed by atoms with Gasteiger partial charge in [-0.1, -0.05) is 27.7 Å². The van der Waals surface area contributed by atoms with Crippen LogP contribution in [0, 0.1) is 5.41 Å². The average Bonchev–Trinajstić information content (AvgIpc) is 2.93. The Bertz CT molecular complexity index is 510. The molecule has 0 fully saturated rings. The number of thiazole rings is 1. The molecule has 0 atom stereocenters. The fraction of sp³-hybridized carbons (Fsp3) is 0.667. The number of carbonyl (C=O) groups is 1. The summed E-state index contributed by atoms with van der Waals surface area (Å²) in [5.41, 5.74) is -0.359. The van der Waals surface area contributed by atoms with Crippen LogP contribution in [0.3, 0.4) is 0 Å². The van der Waals surface area contributed by atoms with E-state index in [1.165, 1.54) is 4.88 Å². The zero-order chi connectivity index (χ0) is 16.6. The number of aliphatic imine (C=N–C) groups is 1. The minimum absolute atomic E-state index is 0. The van der Waals surface area contributed by atoms with E-state index in [2.05, 4.69) is 32.9 Å². The molecule has 0 radical (unpaired) electrons. The van der Waals surface area contributed by atoms with Crippen molar-refractivity contribution in [3.05, 3.63) is 16.1 Å². The highest BCUT2D eigenvalue weighted by Crippen LogP contribution is 2.13. The third kappa shape index (κ3) is 8.50. The molecule has 1 aromatic rings. The molecule has 8 heteroatoms. The monoisotopic (exact) mass is 453 g/mol. The van der Waals surface area contributed by atoms with E-state index in [4.69, 9.17) is 0 Å². The van der Waals surface area contributed by atoms with Crippen LogP contribution >= 0.6 is 35.3 Å². The van der Waals surface area contributed by atoms with E-state index in [-0.39, 0.29) is 35.3 Å². The van der Waals surface area contributed by atoms with Gasteiger partial charge in [-0.3, -0.25) is 9.79 Å². The maximum absolute atomic E-state index is 11.7. The Kier molecular flexibility index (Phi) is 10.4. The molecule has 1 rings (SSSR count). The summed E-state index contributed by atoms with van der Waals surface area (Å²) in [6.45, 7) is 9.65. The van der Waals surface area contributed by atoms with E-state index in [9.17, 15) is 4.79 Å². The van der Waals surface area contributed by atoms with Gasteiger partial charge in [-0.05, 0) is 6.42 Å². The predicted molar refractivity (Wildman–Crippen MR) is 108 cm³/mol. The molecule has 1 amide bonds. The van der Waals surface area contributed by atoms with Crippen molar-refractivity contribution < 1.29 is 4.79 Å². The lowest BCUT2D eigenvalue weighted by Crippen LogP contribution is -2.43. The van der Waals surface area contributed by atoms with Gasteiger partial charge in [0.1, 0.15) is 5.01 Å². The van der Waals surface area contributed by atoms with Gasteiger partial charge in [-0.15, -0.1) is 35.3 Å². The second kappa shape index (κ2) is 10.8. The normalized spacial score (nSPS) is 11.6. The summed E-state index contributed by atoms with van der Waals surface area (Å²) >= 11 is 1.71. The molecule has 0 aliphatic rings. The summed E-state index contributed by atoms with van der Waals surface area (Å²) in [4.78, 5) is 21.5. The molecule has 0 saturated carbocycles. The van der Waals surface area contributed by atoms with Crippen molar-refractivity contribution in [2.24, 2.45) is 10.4 Å². The van der Waals surface area contributed by atoms with E-state index >= 15 is 0 Å². The van der Waals surface area contributed by atoms with Crippen molar-refractivity contribution in [1.82, 2.24) is 20.9 Å². The maximum Gasteiger partial charge on any atom is 0.225 e. The van der Waals surface area contributed by atoms with Crippen molar-refractivity contribution in [3.8, 4) is 0 Å². The van der Waals surface area contributed by atoms with Crippen LogP contribution in [0.2, 0.25) is 0 Å². The minimum atomic E-state index is -0.359. The number of nitrogens with one attached hydrogen (secondary N) is 3. The zero-order valence-electron chi connectivity index (χ0n) is 14.5. The van der Waals surface area contributed by atoms with Crippen molar-refractivity contribution in [2.75, 3.05) is 20.1 Å². The van der Waals surface area contributed by atoms with Crippen LogP contribution in [0.15, 0.2) is 11.2 Å². The molecule has 6 nitrogen and oxygen atoms in total. The summed E-state index contributed by atoms with van der Waals surface area (Å²) in [5.74, 6) is 0.755. The van der Waals surface area contributed by atoms with Crippen molar-refractivity contribution in [3.63, 3.8) is 0 Å². The zero-order valence-corrected chi connectivity index (χ0v) is 17.7. The molecular weight excluding hydrogens is 425 g/mol. The topological polar surface area (TPSA) is 78.4 Å². The highest BCUT2D eigenvalue weighted by Gasteiger charge is 2.20. The van der Waals surface area contributed by atoms with Gasteiger partial charge in [0.15, 0.2) is 5.96 Å². The molecular formula is C15H28IN5OS. The Labute approximate surface area is 160 Å². The van der Waals surface area contributed by atoms with Crippen molar-refractivity contribution in [2.45, 2.75) is 40.7 Å². The van der Waals surface area contributed by atoms with Crippen LogP contribution < -0.4 is 16.0 Å². The lowest BCUT2D eigenvalue weighted by Gasteiger charge is -2.18. The van der Waals surface area contributed by atoms with Crippen molar-refractivity contribution in [1.29, 1.82) is 0 Å². The number of carbonyl (C=O) groups excluding carboxylic acids is 1. The molecule has 23 heavy (non-hydrogen) atoms. The SMILES string of the molecule is CCc1cnc(CNC(=NC)NCCNC(=O)C(C)(C)C)s1.I. The summed E-state index contributed by atoms with van der Waals surface area (Å²) in [5, 5.41) is 10.3. The Balaban J connectivity index is 0.00000484. The number of hydrogen-bond acceptors (Lipinski definition) is 4. The van der Waals surface area contributed by atoms with E-state index < -0.39 is 0 Å². The summed E-state index contributed by atoms with van der Waals surface area (Å²) in [7, 11) is 1.72. The van der Waals surface area contributed by atoms with Gasteiger partial charge in [-0.2, -0.15) is 0 Å². The van der Waals surface area contributed by atoms with Crippen LogP contribution in [-0.2, 0) is 17.8 Å². The quantitative estimate of drug-likeness (QED) is 0.267. The van der Waals surface area contributed by atoms with E-state index in [1.54, 1.807) is 18.4 Å². The van der Waals surface area contributed by atoms with Gasteiger partial charge in [0.05, 0.1) is 6.54 Å². The molecule has 1 aromatic heterocycles. The lowest BCUT2D eigenvalue weighted by atomic mass is 9.96. The largest absolute Gasteiger partial charge is 0.355 e. The molecule has 0 unspecified atom stereocenters. The van der Waals surface area contributed by atoms with E-state index in [0.717, 1.165) is 11.4 Å². The number of rotatable bonds is 6. The Morgan fingerprint density at radius 3 is 2.43 bits per heavy atom. The van der Waals surface area contributed by atoms with Gasteiger partial charge in [0.25, 0.3) is 0 Å². The van der Waals surface area contributed by atoms with Gasteiger partial charge in [0, 0.05) is 36.6 Å². The molecule has 0 bridgehead atoms. The van der Waals surface area contributed by atoms with Gasteiger partial charge < -0.3 is 16.0 Å². The first kappa shape index (κ1) is 22.1. The van der Waals surface area contributed by atoms with Crippen LogP contribution in [0.5, 0.6) is 0 Å². The van der Waals surface area contributed by atoms with Gasteiger partial charge in [-0.25, -0.2) is 4.98 Å². The molecule has 0 spiro atoms. The molecule has 1 heterocycles. The van der Waals surface area contributed by atoms with Crippen LogP contribution in [0.4, 0.5) is 0 Å². The predicted octanol–water partition coefficient (Wildman–Crippen LogP) is 2.15. The van der Waals surface area contributed by atoms with Crippen LogP contribution in [-0.4, -0.2) is 37.0 Å². The number of halogens is 1. The van der Waals surface area contributed by atoms with Gasteiger partial charge in [0.2, 0.25) is 5.91 Å². The Hall–Kier alpha value is -0.900. The molecule has 132 valence electrons. The number of hydrogen-bond donors (Lipinski definition) is 3. The van der Waals surface area contributed by atoms with Crippen LogP contribution in [0.25, 0.3) is 0 Å². The molecule has 3 N–H and O–H groups in total. The molecule has 0 saturated heterocycles. The second-order valence-corrected chi connectivity index (χ2v) is 7.13. The number of aryl methyl sites for hydroxylation is 1. The minimum Gasteiger partial charge on any atom is -0.355 e. The van der Waals surface area contributed by atoms with E-state index in [0.29, 0.717) is 25.6 Å². The highest BCUT2D eigenvalue weighted by atomic mass is 127. The first-order valence-corrected chi connectivity index (χ1v) is 8.35. The Morgan fingerprint density at radius 1 is 1.26 bits per heavy atom. The fourth-order valence-electron chi connectivity index (χ4n) is 1.60. The molecule has 0 aromatic carbocycles. The summed E-state index contributed by atoms with van der Waals surface area (Å²) < 4.78 is 0. The number of nitrogens with zero attached hydrogens (tertiary/aromatic N) is 2. The fourth-order valence-corrected chi connectivity index (χ4v) is 2.40. The van der Waals surface area contributed by atoms with Crippen molar-refractivity contribution >= 4 is 47.2 Å². The first-order chi connectivity index (χ1) is 10.4. The molecule has 0 aliphatic heterocycles. The van der Waals surface area contributed by atoms with Gasteiger partial charge >= 0.3 is 0 Å². The Morgan fingerprint density at radius 2 is 1.91 bits per heavy atom.